The van der Waals surface area contributed by atoms with Gasteiger partial charge in [-0.25, -0.2) is 17.9 Å². The standard InChI is InChI=1S/C13H19N3O4S/c1-3-4-9-15-13(18)16-21(19,20)11-7-5-10(6-8-11)12(17)14-2/h5-8H,3-4,9H2,1-2H3,(H,14,17)(H2,15,16,18). The fraction of sp³-hybridized carbons (Fsp3) is 0.385. The van der Waals surface area contributed by atoms with Crippen molar-refractivity contribution in [3.05, 3.63) is 29.8 Å². The van der Waals surface area contributed by atoms with Crippen molar-refractivity contribution in [2.24, 2.45) is 0 Å². The fourth-order valence-electron chi connectivity index (χ4n) is 1.53. The highest BCUT2D eigenvalue weighted by atomic mass is 32.2. The molecule has 0 heterocycles. The molecule has 0 radical (unpaired) electrons. The summed E-state index contributed by atoms with van der Waals surface area (Å²) in [5, 5.41) is 4.89. The van der Waals surface area contributed by atoms with Gasteiger partial charge in [-0.05, 0) is 30.7 Å². The summed E-state index contributed by atoms with van der Waals surface area (Å²) in [7, 11) is -2.46. The van der Waals surface area contributed by atoms with Crippen LogP contribution in [0.15, 0.2) is 29.2 Å². The Bertz CT molecular complexity index is 596. The van der Waals surface area contributed by atoms with Crippen LogP contribution in [0.4, 0.5) is 4.79 Å². The van der Waals surface area contributed by atoms with Crippen molar-refractivity contribution < 1.29 is 18.0 Å². The zero-order chi connectivity index (χ0) is 15.9. The van der Waals surface area contributed by atoms with E-state index in [1.165, 1.54) is 31.3 Å². The smallest absolute Gasteiger partial charge is 0.328 e. The molecule has 3 N–H and O–H groups in total. The minimum Gasteiger partial charge on any atom is -0.355 e. The third kappa shape index (κ3) is 5.07. The van der Waals surface area contributed by atoms with Crippen LogP contribution in [0.3, 0.4) is 0 Å². The van der Waals surface area contributed by atoms with Crippen LogP contribution < -0.4 is 15.4 Å². The van der Waals surface area contributed by atoms with Crippen LogP contribution in [-0.4, -0.2) is 33.9 Å². The van der Waals surface area contributed by atoms with Gasteiger partial charge in [0.05, 0.1) is 4.90 Å². The normalized spacial score (nSPS) is 10.8. The zero-order valence-corrected chi connectivity index (χ0v) is 12.8. The van der Waals surface area contributed by atoms with Crippen molar-refractivity contribution in [3.8, 4) is 0 Å². The van der Waals surface area contributed by atoms with E-state index in [0.717, 1.165) is 12.8 Å². The number of rotatable bonds is 6. The molecule has 0 unspecified atom stereocenters. The number of benzene rings is 1. The Morgan fingerprint density at radius 3 is 2.29 bits per heavy atom. The van der Waals surface area contributed by atoms with Crippen LogP contribution in [0.25, 0.3) is 0 Å². The molecule has 7 nitrogen and oxygen atoms in total. The first-order valence-electron chi connectivity index (χ1n) is 6.53. The average molecular weight is 313 g/mol. The van der Waals surface area contributed by atoms with Gasteiger partial charge < -0.3 is 10.6 Å². The molecule has 0 bridgehead atoms. The summed E-state index contributed by atoms with van der Waals surface area (Å²) < 4.78 is 25.8. The molecule has 0 aromatic heterocycles. The lowest BCUT2D eigenvalue weighted by molar-refractivity contribution is 0.0963. The molecular formula is C13H19N3O4S. The quantitative estimate of drug-likeness (QED) is 0.677. The number of sulfonamides is 1. The Labute approximate surface area is 124 Å². The molecule has 21 heavy (non-hydrogen) atoms. The van der Waals surface area contributed by atoms with Crippen LogP contribution in [0.2, 0.25) is 0 Å². The number of carbonyl (C=O) groups is 2. The molecule has 0 saturated heterocycles. The van der Waals surface area contributed by atoms with Gasteiger partial charge in [0.15, 0.2) is 0 Å². The van der Waals surface area contributed by atoms with E-state index in [1.54, 1.807) is 0 Å². The molecule has 0 saturated carbocycles. The van der Waals surface area contributed by atoms with E-state index < -0.39 is 16.1 Å². The summed E-state index contributed by atoms with van der Waals surface area (Å²) in [5.41, 5.74) is 0.337. The molecule has 0 aliphatic heterocycles. The molecule has 0 atom stereocenters. The zero-order valence-electron chi connectivity index (χ0n) is 12.0. The molecule has 116 valence electrons. The SMILES string of the molecule is CCCCNC(=O)NS(=O)(=O)c1ccc(C(=O)NC)cc1. The van der Waals surface area contributed by atoms with E-state index in [2.05, 4.69) is 10.6 Å². The van der Waals surface area contributed by atoms with Gasteiger partial charge in [0.1, 0.15) is 0 Å². The minimum absolute atomic E-state index is 0.0826. The molecule has 1 aromatic rings. The second-order valence-electron chi connectivity index (χ2n) is 4.32. The summed E-state index contributed by atoms with van der Waals surface area (Å²) in [6.07, 6.45) is 1.67. The highest BCUT2D eigenvalue weighted by Crippen LogP contribution is 2.10. The van der Waals surface area contributed by atoms with Crippen molar-refractivity contribution in [2.75, 3.05) is 13.6 Å². The summed E-state index contributed by atoms with van der Waals surface area (Å²) in [6, 6.07) is 4.53. The molecule has 1 rings (SSSR count). The molecular weight excluding hydrogens is 294 g/mol. The molecule has 3 amide bonds. The second-order valence-corrected chi connectivity index (χ2v) is 6.00. The maximum Gasteiger partial charge on any atom is 0.328 e. The maximum absolute atomic E-state index is 12.0. The van der Waals surface area contributed by atoms with E-state index in [4.69, 9.17) is 0 Å². The first-order chi connectivity index (χ1) is 9.90. The predicted octanol–water partition coefficient (Wildman–Crippen LogP) is 0.834. The molecule has 0 spiro atoms. The Balaban J connectivity index is 2.74. The van der Waals surface area contributed by atoms with Gasteiger partial charge in [0.2, 0.25) is 0 Å². The lowest BCUT2D eigenvalue weighted by Crippen LogP contribution is -2.39. The lowest BCUT2D eigenvalue weighted by atomic mass is 10.2. The monoisotopic (exact) mass is 313 g/mol. The van der Waals surface area contributed by atoms with Gasteiger partial charge >= 0.3 is 6.03 Å². The number of urea groups is 1. The highest BCUT2D eigenvalue weighted by molar-refractivity contribution is 7.90. The van der Waals surface area contributed by atoms with Gasteiger partial charge in [0, 0.05) is 19.2 Å². The van der Waals surface area contributed by atoms with Crippen LogP contribution >= 0.6 is 0 Å². The summed E-state index contributed by atoms with van der Waals surface area (Å²) in [5.74, 6) is -0.316. The third-order valence-corrected chi connectivity index (χ3v) is 4.04. The summed E-state index contributed by atoms with van der Waals surface area (Å²) in [6.45, 7) is 2.37. The van der Waals surface area contributed by atoms with E-state index >= 15 is 0 Å². The van der Waals surface area contributed by atoms with Crippen molar-refractivity contribution in [2.45, 2.75) is 24.7 Å². The number of unbranched alkanes of at least 4 members (excludes halogenated alkanes) is 1. The van der Waals surface area contributed by atoms with Gasteiger partial charge in [-0.1, -0.05) is 13.3 Å². The maximum atomic E-state index is 12.0. The van der Waals surface area contributed by atoms with E-state index in [0.29, 0.717) is 12.1 Å². The van der Waals surface area contributed by atoms with Crippen molar-refractivity contribution in [1.82, 2.24) is 15.4 Å². The highest BCUT2D eigenvalue weighted by Gasteiger charge is 2.17. The molecule has 0 aliphatic carbocycles. The first-order valence-corrected chi connectivity index (χ1v) is 8.02. The van der Waals surface area contributed by atoms with Gasteiger partial charge in [-0.15, -0.1) is 0 Å². The largest absolute Gasteiger partial charge is 0.355 e. The Hall–Kier alpha value is -2.09. The third-order valence-electron chi connectivity index (χ3n) is 2.70. The lowest BCUT2D eigenvalue weighted by Gasteiger charge is -2.08. The van der Waals surface area contributed by atoms with E-state index in [9.17, 15) is 18.0 Å². The van der Waals surface area contributed by atoms with Gasteiger partial charge in [-0.2, -0.15) is 0 Å². The number of carbonyl (C=O) groups excluding carboxylic acids is 2. The van der Waals surface area contributed by atoms with Crippen LogP contribution in [0, 0.1) is 0 Å². The average Bonchev–Trinajstić information content (AvgIpc) is 2.46. The second kappa shape index (κ2) is 7.63. The predicted molar refractivity (Wildman–Crippen MR) is 78.5 cm³/mol. The number of nitrogens with one attached hydrogen (secondary N) is 3. The minimum atomic E-state index is -3.94. The van der Waals surface area contributed by atoms with Crippen molar-refractivity contribution in [3.63, 3.8) is 0 Å². The number of hydrogen-bond acceptors (Lipinski definition) is 4. The topological polar surface area (TPSA) is 104 Å². The summed E-state index contributed by atoms with van der Waals surface area (Å²) >= 11 is 0. The Morgan fingerprint density at radius 1 is 1.14 bits per heavy atom. The van der Waals surface area contributed by atoms with Crippen LogP contribution in [-0.2, 0) is 10.0 Å². The van der Waals surface area contributed by atoms with E-state index in [1.807, 2.05) is 11.6 Å². The Morgan fingerprint density at radius 2 is 1.76 bits per heavy atom. The molecule has 0 fully saturated rings. The molecule has 1 aromatic carbocycles. The fourth-order valence-corrected chi connectivity index (χ4v) is 2.45. The first kappa shape index (κ1) is 17.0. The molecule has 0 aliphatic rings. The van der Waals surface area contributed by atoms with Crippen molar-refractivity contribution in [1.29, 1.82) is 0 Å². The Kier molecular flexibility index (Phi) is 6.16. The van der Waals surface area contributed by atoms with Gasteiger partial charge in [-0.3, -0.25) is 4.79 Å². The van der Waals surface area contributed by atoms with Gasteiger partial charge in [0.25, 0.3) is 15.9 Å². The van der Waals surface area contributed by atoms with E-state index in [-0.39, 0.29) is 10.8 Å². The van der Waals surface area contributed by atoms with Crippen LogP contribution in [0.5, 0.6) is 0 Å². The molecule has 8 heteroatoms. The van der Waals surface area contributed by atoms with Crippen LogP contribution in [0.1, 0.15) is 30.1 Å². The van der Waals surface area contributed by atoms with Crippen molar-refractivity contribution >= 4 is 22.0 Å². The number of hydrogen-bond donors (Lipinski definition) is 3. The number of amides is 3. The summed E-state index contributed by atoms with van der Waals surface area (Å²) in [4.78, 5) is 22.7.